The summed E-state index contributed by atoms with van der Waals surface area (Å²) < 4.78 is 13.5. The molecule has 4 N–H and O–H groups in total. The summed E-state index contributed by atoms with van der Waals surface area (Å²) in [7, 11) is 1.57. The maximum absolute atomic E-state index is 13.5. The molecular weight excluding hydrogens is 322 g/mol. The van der Waals surface area contributed by atoms with Crippen molar-refractivity contribution < 1.29 is 61.3 Å². The molecule has 0 spiro atoms. The Labute approximate surface area is 177 Å². The number of hydrogen-bond donors (Lipinski definition) is 2. The van der Waals surface area contributed by atoms with Gasteiger partial charge in [0.05, 0.1) is 6.34 Å². The van der Waals surface area contributed by atoms with Crippen LogP contribution in [0.15, 0.2) is 36.4 Å². The third-order valence-electron chi connectivity index (χ3n) is 3.16. The van der Waals surface area contributed by atoms with Crippen LogP contribution >= 0.6 is 0 Å². The van der Waals surface area contributed by atoms with Crippen molar-refractivity contribution in [3.63, 3.8) is 0 Å². The first kappa shape index (κ1) is 22.1. The van der Waals surface area contributed by atoms with Gasteiger partial charge in [0.25, 0.3) is 0 Å². The molecule has 2 aromatic rings. The summed E-state index contributed by atoms with van der Waals surface area (Å²) in [6.07, 6.45) is 1.01. The number of benzene rings is 2. The van der Waals surface area contributed by atoms with Gasteiger partial charge in [0.15, 0.2) is 0 Å². The molecule has 2 rings (SSSR count). The van der Waals surface area contributed by atoms with Crippen LogP contribution < -0.4 is 51.4 Å². The van der Waals surface area contributed by atoms with Crippen molar-refractivity contribution in [3.05, 3.63) is 65.1 Å². The second-order valence-corrected chi connectivity index (χ2v) is 4.56. The predicted molar refractivity (Wildman–Crippen MR) is 84.0 cm³/mol. The van der Waals surface area contributed by atoms with Crippen LogP contribution in [0.1, 0.15) is 11.1 Å². The normalized spacial score (nSPS) is 9.35. The second-order valence-electron chi connectivity index (χ2n) is 4.56. The standard InChI is InChI=1S/C16H15FN4.K.H2O/c1-21(10-19)16(20)15-8-13(17)6-7-14(15)12-4-2-11(9-18)3-5-12;;/h2,4-8,10,18-20H,9H2,1H3;;1H2/q-2;+1;/p-1. The van der Waals surface area contributed by atoms with Crippen LogP contribution in [-0.2, 0) is 6.54 Å². The van der Waals surface area contributed by atoms with Crippen LogP contribution in [0, 0.1) is 22.7 Å². The van der Waals surface area contributed by atoms with Crippen LogP contribution in [0.4, 0.5) is 4.39 Å². The van der Waals surface area contributed by atoms with E-state index in [0.29, 0.717) is 11.1 Å². The summed E-state index contributed by atoms with van der Waals surface area (Å²) in [4.78, 5) is 1.31. The average Bonchev–Trinajstić information content (AvgIpc) is 2.53. The van der Waals surface area contributed by atoms with E-state index in [1.807, 2.05) is 6.07 Å². The quantitative estimate of drug-likeness (QED) is 0.367. The van der Waals surface area contributed by atoms with E-state index in [0.717, 1.165) is 17.5 Å². The molecule has 0 atom stereocenters. The van der Waals surface area contributed by atoms with Gasteiger partial charge in [-0.25, -0.2) is 4.39 Å². The van der Waals surface area contributed by atoms with E-state index in [4.69, 9.17) is 16.6 Å². The zero-order valence-electron chi connectivity index (χ0n) is 13.0. The topological polar surface area (TPSA) is 105 Å². The van der Waals surface area contributed by atoms with E-state index in [1.54, 1.807) is 25.2 Å². The molecule has 23 heavy (non-hydrogen) atoms. The molecule has 116 valence electrons. The maximum Gasteiger partial charge on any atom is 1.00 e. The molecule has 7 heteroatoms. The fourth-order valence-electron chi connectivity index (χ4n) is 1.95. The number of amidine groups is 1. The third kappa shape index (κ3) is 5.28. The first-order valence-electron chi connectivity index (χ1n) is 6.34. The van der Waals surface area contributed by atoms with Gasteiger partial charge >= 0.3 is 51.4 Å². The van der Waals surface area contributed by atoms with E-state index < -0.39 is 5.82 Å². The molecule has 0 aliphatic heterocycles. The molecule has 0 unspecified atom stereocenters. The molecule has 0 fully saturated rings. The van der Waals surface area contributed by atoms with Gasteiger partial charge in [-0.05, 0) is 12.1 Å². The number of rotatable bonds is 4. The van der Waals surface area contributed by atoms with Gasteiger partial charge in [-0.3, -0.25) is 10.8 Å². The van der Waals surface area contributed by atoms with Gasteiger partial charge in [0.2, 0.25) is 0 Å². The minimum atomic E-state index is -0.427. The molecule has 0 aliphatic rings. The molecule has 0 bridgehead atoms. The summed E-state index contributed by atoms with van der Waals surface area (Å²) in [5.74, 6) is -0.382. The molecule has 0 radical (unpaired) electrons. The van der Waals surface area contributed by atoms with Crippen LogP contribution in [0.2, 0.25) is 0 Å². The SMILES string of the molecule is CN(C=N)C(=N)c1cc(F)ccc1-c1c[c-]c(C[NH-])cc1.[K+].[OH-]. The van der Waals surface area contributed by atoms with Gasteiger partial charge in [-0.2, -0.15) is 29.8 Å². The van der Waals surface area contributed by atoms with Gasteiger partial charge in [-0.1, -0.05) is 11.6 Å². The molecule has 0 saturated carbocycles. The third-order valence-corrected chi connectivity index (χ3v) is 3.16. The fraction of sp³-hybridized carbons (Fsp3) is 0.125. The first-order valence-corrected chi connectivity index (χ1v) is 6.34. The molecular formula is C16H16FKN4O-2. The second kappa shape index (κ2) is 10.0. The van der Waals surface area contributed by atoms with Crippen molar-refractivity contribution in [2.45, 2.75) is 6.54 Å². The van der Waals surface area contributed by atoms with Gasteiger partial charge in [0, 0.05) is 12.6 Å². The monoisotopic (exact) mass is 338 g/mol. The summed E-state index contributed by atoms with van der Waals surface area (Å²) in [5.41, 5.74) is 9.97. The van der Waals surface area contributed by atoms with Crippen molar-refractivity contribution in [2.75, 3.05) is 7.05 Å². The summed E-state index contributed by atoms with van der Waals surface area (Å²) in [5, 5.41) is 15.3. The maximum atomic E-state index is 13.5. The number of nitrogens with zero attached hydrogens (tertiary/aromatic N) is 1. The number of hydrogen-bond acceptors (Lipinski definition) is 3. The molecule has 0 aliphatic carbocycles. The Balaban J connectivity index is 0.00000242. The van der Waals surface area contributed by atoms with Crippen molar-refractivity contribution in [2.24, 2.45) is 0 Å². The van der Waals surface area contributed by atoms with Crippen molar-refractivity contribution in [1.29, 1.82) is 10.8 Å². The van der Waals surface area contributed by atoms with Gasteiger partial charge in [-0.15, -0.1) is 12.1 Å². The van der Waals surface area contributed by atoms with E-state index in [-0.39, 0.29) is 69.2 Å². The molecule has 0 heterocycles. The minimum Gasteiger partial charge on any atom is -0.870 e. The van der Waals surface area contributed by atoms with E-state index in [1.165, 1.54) is 17.0 Å². The van der Waals surface area contributed by atoms with Gasteiger partial charge in [0.1, 0.15) is 11.7 Å². The summed E-state index contributed by atoms with van der Waals surface area (Å²) >= 11 is 0. The minimum absolute atomic E-state index is 0. The van der Waals surface area contributed by atoms with E-state index in [2.05, 4.69) is 6.07 Å². The number of halogens is 1. The molecule has 0 aromatic heterocycles. The molecule has 0 saturated heterocycles. The van der Waals surface area contributed by atoms with Crippen LogP contribution in [0.25, 0.3) is 16.9 Å². The fourth-order valence-corrected chi connectivity index (χ4v) is 1.95. The largest absolute Gasteiger partial charge is 1.00 e. The molecule has 2 aromatic carbocycles. The van der Waals surface area contributed by atoms with Crippen LogP contribution in [0.5, 0.6) is 0 Å². The predicted octanol–water partition coefficient (Wildman–Crippen LogP) is 0.537. The Morgan fingerprint density at radius 2 is 2.04 bits per heavy atom. The zero-order valence-corrected chi connectivity index (χ0v) is 16.1. The Bertz CT molecular complexity index is 676. The smallest absolute Gasteiger partial charge is 0.870 e. The zero-order chi connectivity index (χ0) is 15.4. The van der Waals surface area contributed by atoms with Crippen LogP contribution in [0.3, 0.4) is 0 Å². The van der Waals surface area contributed by atoms with Crippen molar-refractivity contribution >= 4 is 12.2 Å². The Morgan fingerprint density at radius 1 is 1.35 bits per heavy atom. The first-order chi connectivity index (χ1) is 10.1. The molecule has 0 amide bonds. The summed E-state index contributed by atoms with van der Waals surface area (Å²) in [6.45, 7) is 0.156. The Kier molecular flexibility index (Phi) is 9.63. The average molecular weight is 338 g/mol. The Hall–Kier alpha value is -0.934. The molecule has 5 nitrogen and oxygen atoms in total. The summed E-state index contributed by atoms with van der Waals surface area (Å²) in [6, 6.07) is 12.6. The van der Waals surface area contributed by atoms with Crippen molar-refractivity contribution in [3.8, 4) is 11.1 Å². The number of nitrogens with one attached hydrogen (secondary N) is 3. The Morgan fingerprint density at radius 3 is 2.57 bits per heavy atom. The van der Waals surface area contributed by atoms with E-state index >= 15 is 0 Å². The van der Waals surface area contributed by atoms with E-state index in [9.17, 15) is 4.39 Å². The van der Waals surface area contributed by atoms with Gasteiger partial charge < -0.3 is 16.1 Å². The van der Waals surface area contributed by atoms with Crippen LogP contribution in [-0.4, -0.2) is 29.6 Å². The van der Waals surface area contributed by atoms with Crippen molar-refractivity contribution in [1.82, 2.24) is 4.90 Å².